The monoisotopic (exact) mass is 282 g/mol. The van der Waals surface area contributed by atoms with Crippen molar-refractivity contribution in [2.45, 2.75) is 96.8 Å². The van der Waals surface area contributed by atoms with Crippen molar-refractivity contribution in [3.05, 3.63) is 12.2 Å². The molecule has 0 saturated heterocycles. The van der Waals surface area contributed by atoms with Crippen molar-refractivity contribution in [2.75, 3.05) is 13.7 Å². The van der Waals surface area contributed by atoms with Crippen LogP contribution < -0.4 is 0 Å². The maximum atomic E-state index is 4.97. The first kappa shape index (κ1) is 19.7. The Bertz CT molecular complexity index is 186. The second kappa shape index (κ2) is 18.7. The van der Waals surface area contributed by atoms with Gasteiger partial charge < -0.3 is 4.74 Å². The Labute approximate surface area is 128 Å². The van der Waals surface area contributed by atoms with E-state index in [0.29, 0.717) is 0 Å². The molecule has 0 aromatic heterocycles. The Balaban J connectivity index is 2.96. The van der Waals surface area contributed by atoms with Crippen molar-refractivity contribution in [3.63, 3.8) is 0 Å². The largest absolute Gasteiger partial charge is 0.381 e. The van der Waals surface area contributed by atoms with E-state index < -0.39 is 0 Å². The minimum absolute atomic E-state index is 0.762. The van der Waals surface area contributed by atoms with Crippen LogP contribution >= 0.6 is 0 Å². The number of rotatable bonds is 16. The van der Waals surface area contributed by atoms with Crippen molar-refractivity contribution >= 4 is 0 Å². The van der Waals surface area contributed by atoms with Crippen LogP contribution in [0.25, 0.3) is 0 Å². The maximum absolute atomic E-state index is 4.97. The average Bonchev–Trinajstić information content (AvgIpc) is 2.47. The van der Waals surface area contributed by atoms with Crippen LogP contribution in [0.1, 0.15) is 96.8 Å². The van der Waals surface area contributed by atoms with E-state index >= 15 is 0 Å². The van der Waals surface area contributed by atoms with Gasteiger partial charge in [-0.2, -0.15) is 0 Å². The number of unbranched alkanes of at least 4 members (excludes halogenated alkanes) is 13. The highest BCUT2D eigenvalue weighted by Gasteiger charge is 1.93. The molecule has 0 heterocycles. The van der Waals surface area contributed by atoms with Gasteiger partial charge in [-0.15, -0.1) is 0 Å². The molecule has 1 heteroatoms. The smallest absolute Gasteiger partial charge is 0.0643 e. The summed E-state index contributed by atoms with van der Waals surface area (Å²) in [6.07, 6.45) is 24.2. The predicted octanol–water partition coefficient (Wildman–Crippen LogP) is 6.67. The van der Waals surface area contributed by atoms with Crippen LogP contribution in [-0.4, -0.2) is 13.7 Å². The second-order valence-corrected chi connectivity index (χ2v) is 5.96. The van der Waals surface area contributed by atoms with E-state index in [9.17, 15) is 0 Å². The van der Waals surface area contributed by atoms with E-state index in [2.05, 4.69) is 19.1 Å². The standard InChI is InChI=1S/C19H38O/c1-3-4-5-6-7-8-9-10-11-12-13-14-15-16-17-18-19-20-2/h17-18H,3-16,19H2,1-2H3/b18-17+. The van der Waals surface area contributed by atoms with Gasteiger partial charge in [0.1, 0.15) is 0 Å². The number of hydrogen-bond donors (Lipinski definition) is 0. The van der Waals surface area contributed by atoms with Gasteiger partial charge in [0.25, 0.3) is 0 Å². The molecule has 0 bridgehead atoms. The Hall–Kier alpha value is -0.300. The predicted molar refractivity (Wildman–Crippen MR) is 91.3 cm³/mol. The fourth-order valence-corrected chi connectivity index (χ4v) is 2.56. The zero-order valence-electron chi connectivity index (χ0n) is 14.2. The van der Waals surface area contributed by atoms with E-state index in [1.165, 1.54) is 89.9 Å². The molecule has 0 amide bonds. The lowest BCUT2D eigenvalue weighted by Gasteiger charge is -2.02. The van der Waals surface area contributed by atoms with Crippen LogP contribution in [0, 0.1) is 0 Å². The lowest BCUT2D eigenvalue weighted by Crippen LogP contribution is -1.83. The van der Waals surface area contributed by atoms with Gasteiger partial charge in [0.05, 0.1) is 6.61 Å². The van der Waals surface area contributed by atoms with Crippen LogP contribution in [0.2, 0.25) is 0 Å². The molecule has 0 aliphatic carbocycles. The number of allylic oxidation sites excluding steroid dienone is 1. The summed E-state index contributed by atoms with van der Waals surface area (Å²) in [7, 11) is 1.75. The van der Waals surface area contributed by atoms with E-state index in [1.54, 1.807) is 7.11 Å². The highest BCUT2D eigenvalue weighted by molar-refractivity contribution is 4.80. The zero-order chi connectivity index (χ0) is 14.7. The normalized spacial score (nSPS) is 11.5. The van der Waals surface area contributed by atoms with Crippen molar-refractivity contribution in [1.29, 1.82) is 0 Å². The molecule has 0 unspecified atom stereocenters. The lowest BCUT2D eigenvalue weighted by atomic mass is 10.0. The van der Waals surface area contributed by atoms with Crippen molar-refractivity contribution in [2.24, 2.45) is 0 Å². The number of methoxy groups -OCH3 is 1. The molecule has 0 spiro atoms. The summed E-state index contributed by atoms with van der Waals surface area (Å²) >= 11 is 0. The Morgan fingerprint density at radius 2 is 1.05 bits per heavy atom. The minimum atomic E-state index is 0.762. The SMILES string of the molecule is CCCCCCCCCCCCCCC/C=C/COC. The van der Waals surface area contributed by atoms with Gasteiger partial charge in [0, 0.05) is 7.11 Å². The summed E-state index contributed by atoms with van der Waals surface area (Å²) < 4.78 is 4.97. The Morgan fingerprint density at radius 3 is 1.50 bits per heavy atom. The lowest BCUT2D eigenvalue weighted by molar-refractivity contribution is 0.233. The van der Waals surface area contributed by atoms with Crippen LogP contribution in [0.15, 0.2) is 12.2 Å². The van der Waals surface area contributed by atoms with Gasteiger partial charge in [-0.1, -0.05) is 96.1 Å². The second-order valence-electron chi connectivity index (χ2n) is 5.96. The molecule has 120 valence electrons. The summed E-state index contributed by atoms with van der Waals surface area (Å²) in [5, 5.41) is 0. The molecule has 0 rings (SSSR count). The number of ether oxygens (including phenoxy) is 1. The molecular formula is C19H38O. The van der Waals surface area contributed by atoms with E-state index in [-0.39, 0.29) is 0 Å². The summed E-state index contributed by atoms with van der Waals surface area (Å²) in [4.78, 5) is 0. The van der Waals surface area contributed by atoms with Crippen LogP contribution in [-0.2, 0) is 4.74 Å². The summed E-state index contributed by atoms with van der Waals surface area (Å²) in [6, 6.07) is 0. The van der Waals surface area contributed by atoms with Gasteiger partial charge in [-0.05, 0) is 12.8 Å². The van der Waals surface area contributed by atoms with Crippen molar-refractivity contribution in [3.8, 4) is 0 Å². The quantitative estimate of drug-likeness (QED) is 0.227. The average molecular weight is 283 g/mol. The first-order chi connectivity index (χ1) is 9.91. The van der Waals surface area contributed by atoms with Gasteiger partial charge in [0.15, 0.2) is 0 Å². The van der Waals surface area contributed by atoms with Crippen molar-refractivity contribution < 1.29 is 4.74 Å². The molecule has 0 N–H and O–H groups in total. The molecule has 1 nitrogen and oxygen atoms in total. The Kier molecular flexibility index (Phi) is 18.4. The third-order valence-corrected chi connectivity index (χ3v) is 3.90. The van der Waals surface area contributed by atoms with E-state index in [0.717, 1.165) is 6.61 Å². The van der Waals surface area contributed by atoms with Crippen LogP contribution in [0.5, 0.6) is 0 Å². The van der Waals surface area contributed by atoms with Crippen LogP contribution in [0.4, 0.5) is 0 Å². The highest BCUT2D eigenvalue weighted by Crippen LogP contribution is 2.12. The topological polar surface area (TPSA) is 9.23 Å². The number of hydrogen-bond acceptors (Lipinski definition) is 1. The van der Waals surface area contributed by atoms with Gasteiger partial charge in [0.2, 0.25) is 0 Å². The molecule has 0 aliphatic heterocycles. The summed E-state index contributed by atoms with van der Waals surface area (Å²) in [5.74, 6) is 0. The molecule has 0 atom stereocenters. The third kappa shape index (κ3) is 17.7. The maximum Gasteiger partial charge on any atom is 0.0643 e. The zero-order valence-corrected chi connectivity index (χ0v) is 14.2. The molecule has 0 aliphatic rings. The molecule has 0 saturated carbocycles. The molecule has 20 heavy (non-hydrogen) atoms. The molecule has 0 aromatic carbocycles. The molecular weight excluding hydrogens is 244 g/mol. The Morgan fingerprint density at radius 1 is 0.600 bits per heavy atom. The van der Waals surface area contributed by atoms with Crippen molar-refractivity contribution in [1.82, 2.24) is 0 Å². The van der Waals surface area contributed by atoms with Gasteiger partial charge in [-0.25, -0.2) is 0 Å². The first-order valence-corrected chi connectivity index (χ1v) is 9.05. The van der Waals surface area contributed by atoms with Gasteiger partial charge in [-0.3, -0.25) is 0 Å². The van der Waals surface area contributed by atoms with E-state index in [4.69, 9.17) is 4.74 Å². The first-order valence-electron chi connectivity index (χ1n) is 9.05. The highest BCUT2D eigenvalue weighted by atomic mass is 16.5. The van der Waals surface area contributed by atoms with Gasteiger partial charge >= 0.3 is 0 Å². The van der Waals surface area contributed by atoms with E-state index in [1.807, 2.05) is 0 Å². The van der Waals surface area contributed by atoms with Crippen LogP contribution in [0.3, 0.4) is 0 Å². The molecule has 0 radical (unpaired) electrons. The molecule has 0 aromatic rings. The summed E-state index contributed by atoms with van der Waals surface area (Å²) in [6.45, 7) is 3.05. The fourth-order valence-electron chi connectivity index (χ4n) is 2.56. The molecule has 0 fully saturated rings. The fraction of sp³-hybridized carbons (Fsp3) is 0.895. The minimum Gasteiger partial charge on any atom is -0.381 e. The summed E-state index contributed by atoms with van der Waals surface area (Å²) in [5.41, 5.74) is 0. The third-order valence-electron chi connectivity index (χ3n) is 3.90.